The standard InChI is InChI=1S/C18H23BrN4O3/c1-13-20-16(22-26-13)18(9-11-25-2)8-5-10-23(12-18)17(24)21-15-7-4-3-6-14(15)19/h3-4,6-7H,5,8-12H2,1-2H3,(H,21,24). The number of rotatable bonds is 5. The third-order valence-corrected chi connectivity index (χ3v) is 5.46. The maximum atomic E-state index is 12.8. The zero-order chi connectivity index (χ0) is 18.6. The number of aryl methyl sites for hydroxylation is 1. The second kappa shape index (κ2) is 8.18. The van der Waals surface area contributed by atoms with Crippen LogP contribution in [-0.2, 0) is 10.2 Å². The van der Waals surface area contributed by atoms with Gasteiger partial charge in [0.05, 0.1) is 11.1 Å². The van der Waals surface area contributed by atoms with Gasteiger partial charge in [-0.25, -0.2) is 4.79 Å². The van der Waals surface area contributed by atoms with Crippen LogP contribution in [0.2, 0.25) is 0 Å². The van der Waals surface area contributed by atoms with E-state index in [1.807, 2.05) is 29.2 Å². The number of nitrogens with one attached hydrogen (secondary N) is 1. The van der Waals surface area contributed by atoms with E-state index in [0.717, 1.165) is 29.4 Å². The molecule has 1 fully saturated rings. The monoisotopic (exact) mass is 422 g/mol. The zero-order valence-corrected chi connectivity index (χ0v) is 16.6. The Hall–Kier alpha value is -1.93. The van der Waals surface area contributed by atoms with E-state index in [4.69, 9.17) is 9.26 Å². The van der Waals surface area contributed by atoms with E-state index in [1.54, 1.807) is 14.0 Å². The van der Waals surface area contributed by atoms with Gasteiger partial charge in [-0.05, 0) is 47.3 Å². The maximum Gasteiger partial charge on any atom is 0.321 e. The fourth-order valence-corrected chi connectivity index (χ4v) is 3.76. The smallest absolute Gasteiger partial charge is 0.321 e. The minimum Gasteiger partial charge on any atom is -0.385 e. The first-order valence-corrected chi connectivity index (χ1v) is 9.43. The number of para-hydroxylation sites is 1. The number of benzene rings is 1. The van der Waals surface area contributed by atoms with E-state index in [-0.39, 0.29) is 11.4 Å². The number of ether oxygens (including phenoxy) is 1. The molecule has 1 saturated heterocycles. The Morgan fingerprint density at radius 3 is 2.96 bits per heavy atom. The third kappa shape index (κ3) is 4.07. The number of likely N-dealkylation sites (tertiary alicyclic amines) is 1. The Kier molecular flexibility index (Phi) is 5.93. The van der Waals surface area contributed by atoms with Crippen molar-refractivity contribution in [2.75, 3.05) is 32.1 Å². The topological polar surface area (TPSA) is 80.5 Å². The highest BCUT2D eigenvalue weighted by atomic mass is 79.9. The van der Waals surface area contributed by atoms with Gasteiger partial charge in [0.2, 0.25) is 5.89 Å². The fraction of sp³-hybridized carbons (Fsp3) is 0.500. The van der Waals surface area contributed by atoms with E-state index < -0.39 is 0 Å². The first-order chi connectivity index (χ1) is 12.5. The van der Waals surface area contributed by atoms with Gasteiger partial charge in [0.1, 0.15) is 0 Å². The number of piperidine rings is 1. The molecule has 1 aromatic heterocycles. The van der Waals surface area contributed by atoms with Gasteiger partial charge >= 0.3 is 6.03 Å². The highest BCUT2D eigenvalue weighted by molar-refractivity contribution is 9.10. The number of nitrogens with zero attached hydrogens (tertiary/aromatic N) is 3. The van der Waals surface area contributed by atoms with Crippen molar-refractivity contribution in [1.82, 2.24) is 15.0 Å². The number of urea groups is 1. The number of carbonyl (C=O) groups excluding carboxylic acids is 1. The largest absolute Gasteiger partial charge is 0.385 e. The summed E-state index contributed by atoms with van der Waals surface area (Å²) in [6.07, 6.45) is 2.51. The highest BCUT2D eigenvalue weighted by Gasteiger charge is 2.42. The lowest BCUT2D eigenvalue weighted by Gasteiger charge is -2.40. The van der Waals surface area contributed by atoms with Crippen molar-refractivity contribution in [3.8, 4) is 0 Å². The molecule has 2 aromatic rings. The number of halogens is 1. The zero-order valence-electron chi connectivity index (χ0n) is 15.0. The molecule has 7 nitrogen and oxygen atoms in total. The molecular weight excluding hydrogens is 400 g/mol. The minimum atomic E-state index is -0.350. The normalized spacial score (nSPS) is 20.2. The van der Waals surface area contributed by atoms with Gasteiger partial charge in [-0.2, -0.15) is 4.98 Å². The summed E-state index contributed by atoms with van der Waals surface area (Å²) in [6, 6.07) is 7.44. The molecule has 3 rings (SSSR count). The molecule has 1 unspecified atom stereocenters. The molecule has 0 radical (unpaired) electrons. The summed E-state index contributed by atoms with van der Waals surface area (Å²) < 4.78 is 11.3. The lowest BCUT2D eigenvalue weighted by Crippen LogP contribution is -2.50. The van der Waals surface area contributed by atoms with E-state index in [1.165, 1.54) is 0 Å². The first kappa shape index (κ1) is 18.8. The SMILES string of the molecule is COCCC1(c2noc(C)n2)CCCN(C(=O)Nc2ccccc2Br)C1. The van der Waals surface area contributed by atoms with Gasteiger partial charge in [-0.1, -0.05) is 17.3 Å². The van der Waals surface area contributed by atoms with Gasteiger partial charge in [0, 0.05) is 38.2 Å². The summed E-state index contributed by atoms with van der Waals surface area (Å²) in [5.74, 6) is 1.19. The van der Waals surface area contributed by atoms with Crippen molar-refractivity contribution in [2.45, 2.75) is 31.6 Å². The number of amides is 2. The quantitative estimate of drug-likeness (QED) is 0.793. The van der Waals surface area contributed by atoms with E-state index in [0.29, 0.717) is 31.4 Å². The molecule has 1 aromatic carbocycles. The average molecular weight is 423 g/mol. The Bertz CT molecular complexity index is 766. The van der Waals surface area contributed by atoms with Crippen molar-refractivity contribution in [1.29, 1.82) is 0 Å². The predicted molar refractivity (Wildman–Crippen MR) is 101 cm³/mol. The molecule has 1 aliphatic heterocycles. The molecule has 0 aliphatic carbocycles. The second-order valence-electron chi connectivity index (χ2n) is 6.60. The van der Waals surface area contributed by atoms with Crippen molar-refractivity contribution in [3.63, 3.8) is 0 Å². The van der Waals surface area contributed by atoms with Crippen LogP contribution in [0.15, 0.2) is 33.3 Å². The van der Waals surface area contributed by atoms with Gasteiger partial charge in [-0.15, -0.1) is 0 Å². The molecule has 140 valence electrons. The number of carbonyl (C=O) groups is 1. The van der Waals surface area contributed by atoms with Crippen LogP contribution in [0.25, 0.3) is 0 Å². The molecule has 8 heteroatoms. The Balaban J connectivity index is 1.79. The fourth-order valence-electron chi connectivity index (χ4n) is 3.37. The number of hydrogen-bond acceptors (Lipinski definition) is 5. The van der Waals surface area contributed by atoms with Crippen LogP contribution >= 0.6 is 15.9 Å². The first-order valence-electron chi connectivity index (χ1n) is 8.64. The Morgan fingerprint density at radius 1 is 1.46 bits per heavy atom. The highest BCUT2D eigenvalue weighted by Crippen LogP contribution is 2.36. The van der Waals surface area contributed by atoms with Crippen LogP contribution in [0, 0.1) is 6.92 Å². The maximum absolute atomic E-state index is 12.8. The molecule has 1 aliphatic rings. The van der Waals surface area contributed by atoms with Crippen molar-refractivity contribution >= 4 is 27.6 Å². The lowest BCUT2D eigenvalue weighted by atomic mass is 9.76. The third-order valence-electron chi connectivity index (χ3n) is 4.77. The number of methoxy groups -OCH3 is 1. The van der Waals surface area contributed by atoms with Crippen LogP contribution in [0.5, 0.6) is 0 Å². The summed E-state index contributed by atoms with van der Waals surface area (Å²) in [5.41, 5.74) is 0.401. The van der Waals surface area contributed by atoms with Crippen LogP contribution in [0.4, 0.5) is 10.5 Å². The predicted octanol–water partition coefficient (Wildman–Crippen LogP) is 3.74. The number of aromatic nitrogens is 2. The summed E-state index contributed by atoms with van der Waals surface area (Å²) in [6.45, 7) is 3.58. The van der Waals surface area contributed by atoms with Gasteiger partial charge in [0.25, 0.3) is 0 Å². The van der Waals surface area contributed by atoms with Gasteiger partial charge < -0.3 is 19.5 Å². The molecule has 0 bridgehead atoms. The minimum absolute atomic E-state index is 0.126. The number of anilines is 1. The summed E-state index contributed by atoms with van der Waals surface area (Å²) in [7, 11) is 1.68. The van der Waals surface area contributed by atoms with Crippen molar-refractivity contribution in [2.24, 2.45) is 0 Å². The molecule has 0 saturated carbocycles. The molecule has 1 N–H and O–H groups in total. The summed E-state index contributed by atoms with van der Waals surface area (Å²) in [4.78, 5) is 19.1. The average Bonchev–Trinajstić information content (AvgIpc) is 3.09. The van der Waals surface area contributed by atoms with Crippen LogP contribution in [0.1, 0.15) is 31.0 Å². The molecule has 2 amide bonds. The molecule has 1 atom stereocenters. The van der Waals surface area contributed by atoms with E-state index in [9.17, 15) is 4.79 Å². The van der Waals surface area contributed by atoms with E-state index >= 15 is 0 Å². The Labute approximate surface area is 161 Å². The van der Waals surface area contributed by atoms with E-state index in [2.05, 4.69) is 31.4 Å². The molecule has 2 heterocycles. The summed E-state index contributed by atoms with van der Waals surface area (Å²) >= 11 is 3.46. The molecular formula is C18H23BrN4O3. The second-order valence-corrected chi connectivity index (χ2v) is 7.45. The van der Waals surface area contributed by atoms with Gasteiger partial charge in [0.15, 0.2) is 5.82 Å². The number of hydrogen-bond donors (Lipinski definition) is 1. The van der Waals surface area contributed by atoms with Crippen molar-refractivity contribution < 1.29 is 14.1 Å². The van der Waals surface area contributed by atoms with Crippen LogP contribution in [0.3, 0.4) is 0 Å². The summed E-state index contributed by atoms with van der Waals surface area (Å²) in [5, 5.41) is 7.12. The van der Waals surface area contributed by atoms with Crippen molar-refractivity contribution in [3.05, 3.63) is 40.5 Å². The molecule has 26 heavy (non-hydrogen) atoms. The van der Waals surface area contributed by atoms with Crippen LogP contribution < -0.4 is 5.32 Å². The lowest BCUT2D eigenvalue weighted by molar-refractivity contribution is 0.111. The van der Waals surface area contributed by atoms with Gasteiger partial charge in [-0.3, -0.25) is 0 Å². The Morgan fingerprint density at radius 2 is 2.27 bits per heavy atom. The van der Waals surface area contributed by atoms with Crippen LogP contribution in [-0.4, -0.2) is 47.9 Å². The molecule has 0 spiro atoms.